The van der Waals surface area contributed by atoms with Gasteiger partial charge in [-0.1, -0.05) is 26.7 Å². The zero-order valence-corrected chi connectivity index (χ0v) is 22.8. The zero-order valence-electron chi connectivity index (χ0n) is 22.8. The van der Waals surface area contributed by atoms with Gasteiger partial charge in [-0.25, -0.2) is 14.8 Å². The number of nitrogens with zero attached hydrogens (tertiary/aromatic N) is 3. The van der Waals surface area contributed by atoms with Crippen molar-refractivity contribution in [1.82, 2.24) is 20.2 Å². The third-order valence-corrected chi connectivity index (χ3v) is 8.39. The molecule has 220 valence electrons. The second kappa shape index (κ2) is 10.6. The molecular weight excluding hydrogens is 542 g/mol. The molecule has 0 radical (unpaired) electrons. The van der Waals surface area contributed by atoms with Crippen LogP contribution in [0.25, 0.3) is 11.0 Å². The molecule has 1 saturated carbocycles. The zero-order chi connectivity index (χ0) is 28.9. The van der Waals surface area contributed by atoms with Gasteiger partial charge in [0.2, 0.25) is 17.5 Å². The molecule has 2 amide bonds. The third-order valence-electron chi connectivity index (χ3n) is 8.39. The normalized spacial score (nSPS) is 31.2. The van der Waals surface area contributed by atoms with Crippen molar-refractivity contribution in [3.63, 3.8) is 0 Å². The Balaban J connectivity index is 1.34. The van der Waals surface area contributed by atoms with Crippen LogP contribution in [0, 0.1) is 11.8 Å². The van der Waals surface area contributed by atoms with Crippen LogP contribution >= 0.6 is 0 Å². The van der Waals surface area contributed by atoms with Gasteiger partial charge in [0.05, 0.1) is 18.1 Å². The Morgan fingerprint density at radius 3 is 2.73 bits per heavy atom. The van der Waals surface area contributed by atoms with E-state index in [1.807, 2.05) is 0 Å². The van der Waals surface area contributed by atoms with E-state index in [4.69, 9.17) is 19.2 Å². The van der Waals surface area contributed by atoms with Gasteiger partial charge in [-0.3, -0.25) is 4.79 Å². The summed E-state index contributed by atoms with van der Waals surface area (Å²) in [4.78, 5) is 48.9. The van der Waals surface area contributed by atoms with E-state index < -0.39 is 42.4 Å². The predicted molar refractivity (Wildman–Crippen MR) is 139 cm³/mol. The highest BCUT2D eigenvalue weighted by atomic mass is 19.3. The van der Waals surface area contributed by atoms with Gasteiger partial charge >= 0.3 is 12.4 Å². The number of halogens is 2. The van der Waals surface area contributed by atoms with Gasteiger partial charge in [-0.05, 0) is 50.2 Å². The second-order valence-corrected chi connectivity index (χ2v) is 11.2. The fourth-order valence-electron chi connectivity index (χ4n) is 5.91. The maximum absolute atomic E-state index is 13.9. The Hall–Kier alpha value is -3.77. The summed E-state index contributed by atoms with van der Waals surface area (Å²) < 4.78 is 48.9. The first-order valence-electron chi connectivity index (χ1n) is 14.2. The molecule has 11 nitrogen and oxygen atoms in total. The number of benzene rings is 1. The molecule has 6 atom stereocenters. The van der Waals surface area contributed by atoms with Gasteiger partial charge in [-0.15, -0.1) is 8.78 Å². The number of alkyl halides is 2. The quantitative estimate of drug-likeness (QED) is 0.533. The molecule has 3 aliphatic heterocycles. The summed E-state index contributed by atoms with van der Waals surface area (Å²) in [6.07, 6.45) is 0.565. The molecular formula is C28H32F2N4O7. The van der Waals surface area contributed by atoms with E-state index in [0.717, 1.165) is 32.1 Å². The van der Waals surface area contributed by atoms with Gasteiger partial charge < -0.3 is 34.0 Å². The van der Waals surface area contributed by atoms with Crippen molar-refractivity contribution in [3.8, 4) is 17.4 Å². The molecule has 2 aromatic rings. The van der Waals surface area contributed by atoms with Gasteiger partial charge in [0.25, 0.3) is 0 Å². The molecule has 4 heterocycles. The van der Waals surface area contributed by atoms with Crippen LogP contribution in [0.3, 0.4) is 0 Å². The number of carbonyl (C=O) groups excluding carboxylic acids is 3. The smallest absolute Gasteiger partial charge is 0.471 e. The standard InChI is InChI=1S/C28H32F2N4O7/c1-3-16-26(36)34-12-22(14(2)19(34)13-35)38-25-18(8-6-4-5-7-15-11-21(15)39-27(37)32-16)31-17-9-10-20-24(23(17)33-25)41-28(29,30)40-20/h9-10,13-16,19,21-22H,3-8,11-12H2,1-2H3,(H,32,37)/t14?,15-,16+,19-,21-,22+/m1/s1. The molecule has 1 N–H and O–H groups in total. The highest BCUT2D eigenvalue weighted by molar-refractivity contribution is 5.88. The fourth-order valence-corrected chi connectivity index (χ4v) is 5.91. The molecule has 6 rings (SSSR count). The van der Waals surface area contributed by atoms with Gasteiger partial charge in [0.1, 0.15) is 35.7 Å². The molecule has 1 aromatic heterocycles. The lowest BCUT2D eigenvalue weighted by Crippen LogP contribution is -2.51. The Kier molecular flexibility index (Phi) is 7.06. The highest BCUT2D eigenvalue weighted by Crippen LogP contribution is 2.45. The van der Waals surface area contributed by atoms with E-state index >= 15 is 0 Å². The van der Waals surface area contributed by atoms with E-state index in [9.17, 15) is 23.2 Å². The van der Waals surface area contributed by atoms with Crippen LogP contribution in [-0.2, 0) is 20.7 Å². The predicted octanol–water partition coefficient (Wildman–Crippen LogP) is 3.75. The lowest BCUT2D eigenvalue weighted by atomic mass is 10.0. The maximum Gasteiger partial charge on any atom is 0.586 e. The van der Waals surface area contributed by atoms with Crippen molar-refractivity contribution >= 4 is 29.3 Å². The van der Waals surface area contributed by atoms with Crippen LogP contribution in [0.2, 0.25) is 0 Å². The fraction of sp³-hybridized carbons (Fsp3) is 0.607. The summed E-state index contributed by atoms with van der Waals surface area (Å²) in [7, 11) is 0. The van der Waals surface area contributed by atoms with E-state index in [1.54, 1.807) is 19.9 Å². The van der Waals surface area contributed by atoms with Crippen LogP contribution in [0.1, 0.15) is 58.1 Å². The number of rotatable bonds is 2. The van der Waals surface area contributed by atoms with Crippen molar-refractivity contribution in [2.75, 3.05) is 6.54 Å². The van der Waals surface area contributed by atoms with Crippen molar-refractivity contribution in [2.45, 2.75) is 89.4 Å². The number of ether oxygens (including phenoxy) is 4. The largest absolute Gasteiger partial charge is 0.586 e. The van der Waals surface area contributed by atoms with E-state index in [-0.39, 0.29) is 41.5 Å². The van der Waals surface area contributed by atoms with Crippen molar-refractivity contribution in [3.05, 3.63) is 17.8 Å². The van der Waals surface area contributed by atoms with E-state index in [0.29, 0.717) is 30.3 Å². The number of hydrogen-bond acceptors (Lipinski definition) is 9. The molecule has 0 spiro atoms. The number of nitrogens with one attached hydrogen (secondary N) is 1. The summed E-state index contributed by atoms with van der Waals surface area (Å²) >= 11 is 0. The van der Waals surface area contributed by atoms with Crippen LogP contribution in [-0.4, -0.2) is 70.3 Å². The van der Waals surface area contributed by atoms with Crippen LogP contribution in [0.5, 0.6) is 17.4 Å². The number of alkyl carbamates (subject to hydrolysis) is 1. The number of amides is 2. The molecule has 1 aliphatic carbocycles. The lowest BCUT2D eigenvalue weighted by Gasteiger charge is -2.26. The Bertz CT molecular complexity index is 1370. The number of aryl methyl sites for hydroxylation is 1. The Morgan fingerprint density at radius 1 is 1.12 bits per heavy atom. The molecule has 4 aliphatic rings. The molecule has 13 heteroatoms. The average Bonchev–Trinajstić information content (AvgIpc) is 3.46. The molecule has 2 fully saturated rings. The van der Waals surface area contributed by atoms with Gasteiger partial charge in [-0.2, -0.15) is 0 Å². The minimum atomic E-state index is -3.82. The summed E-state index contributed by atoms with van der Waals surface area (Å²) in [6, 6.07) is 1.25. The first-order valence-corrected chi connectivity index (χ1v) is 14.2. The first kappa shape index (κ1) is 27.4. The number of aldehydes is 1. The minimum Gasteiger partial charge on any atom is -0.471 e. The van der Waals surface area contributed by atoms with E-state index in [2.05, 4.69) is 15.0 Å². The average molecular weight is 575 g/mol. The monoisotopic (exact) mass is 574 g/mol. The highest BCUT2D eigenvalue weighted by Gasteiger charge is 2.47. The first-order chi connectivity index (χ1) is 19.7. The molecule has 1 saturated heterocycles. The molecule has 41 heavy (non-hydrogen) atoms. The minimum absolute atomic E-state index is 0.0606. The van der Waals surface area contributed by atoms with Crippen molar-refractivity contribution < 1.29 is 42.1 Å². The third kappa shape index (κ3) is 5.33. The Morgan fingerprint density at radius 2 is 1.95 bits per heavy atom. The molecule has 2 bridgehead atoms. The summed E-state index contributed by atoms with van der Waals surface area (Å²) in [5.41, 5.74) is 0.978. The Labute approximate surface area is 234 Å². The lowest BCUT2D eigenvalue weighted by molar-refractivity contribution is -0.286. The SMILES string of the molecule is CC[C@@H]1NC(=O)O[C@@H]2C[C@H]2CCCCCc2nc3ccc4c(c3nc2O[C@H]2CN(C1=O)[C@H](C=O)C2C)OC(F)(F)O4. The van der Waals surface area contributed by atoms with Gasteiger partial charge in [0.15, 0.2) is 5.75 Å². The topological polar surface area (TPSA) is 129 Å². The van der Waals surface area contributed by atoms with Crippen molar-refractivity contribution in [2.24, 2.45) is 11.8 Å². The van der Waals surface area contributed by atoms with Crippen molar-refractivity contribution in [1.29, 1.82) is 0 Å². The summed E-state index contributed by atoms with van der Waals surface area (Å²) in [5, 5.41) is 2.67. The molecule has 1 aromatic carbocycles. The summed E-state index contributed by atoms with van der Waals surface area (Å²) in [6.45, 7) is 3.62. The number of carbonyl (C=O) groups is 3. The van der Waals surface area contributed by atoms with Crippen LogP contribution < -0.4 is 19.5 Å². The number of fused-ring (bicyclic) bond motifs is 7. The van der Waals surface area contributed by atoms with Crippen LogP contribution in [0.4, 0.5) is 13.6 Å². The number of aromatic nitrogens is 2. The molecule has 1 unspecified atom stereocenters. The van der Waals surface area contributed by atoms with Gasteiger partial charge in [0, 0.05) is 5.92 Å². The summed E-state index contributed by atoms with van der Waals surface area (Å²) in [5.74, 6) is -0.793. The van der Waals surface area contributed by atoms with Crippen LogP contribution in [0.15, 0.2) is 12.1 Å². The van der Waals surface area contributed by atoms with E-state index in [1.165, 1.54) is 11.0 Å². The second-order valence-electron chi connectivity index (χ2n) is 11.2. The maximum atomic E-state index is 13.9. The number of hydrogen-bond donors (Lipinski definition) is 1.